The molecule has 0 unspecified atom stereocenters. The molecule has 0 fully saturated rings. The zero-order valence-electron chi connectivity index (χ0n) is 19.3. The highest BCUT2D eigenvalue weighted by molar-refractivity contribution is 7.27. The molecule has 0 N–H and O–H groups in total. The molecule has 2 heteroatoms. The van der Waals surface area contributed by atoms with Crippen LogP contribution in [-0.2, 0) is 0 Å². The first-order valence-electron chi connectivity index (χ1n) is 11.8. The minimum Gasteiger partial charge on any atom is -0.256 e. The number of hydrogen-bond acceptors (Lipinski definition) is 2. The second-order valence-electron chi connectivity index (χ2n) is 9.01. The van der Waals surface area contributed by atoms with E-state index in [4.69, 9.17) is 4.98 Å². The van der Waals surface area contributed by atoms with Gasteiger partial charge in [-0.3, -0.25) is 4.98 Å². The van der Waals surface area contributed by atoms with Gasteiger partial charge in [-0.05, 0) is 45.9 Å². The van der Waals surface area contributed by atoms with Crippen molar-refractivity contribution in [2.24, 2.45) is 0 Å². The molecule has 6 rings (SSSR count). The van der Waals surface area contributed by atoms with Gasteiger partial charge in [-0.25, -0.2) is 0 Å². The van der Waals surface area contributed by atoms with Gasteiger partial charge in [0.2, 0.25) is 0 Å². The quantitative estimate of drug-likeness (QED) is 0.258. The molecule has 0 aliphatic heterocycles. The molecule has 0 radical (unpaired) electrons. The topological polar surface area (TPSA) is 12.9 Å². The van der Waals surface area contributed by atoms with Crippen molar-refractivity contribution in [3.05, 3.63) is 115 Å². The minimum atomic E-state index is 0.466. The number of fused-ring (bicyclic) bond motifs is 3. The Kier molecular flexibility index (Phi) is 5.24. The summed E-state index contributed by atoms with van der Waals surface area (Å²) in [5.74, 6) is 0.466. The lowest BCUT2D eigenvalue weighted by molar-refractivity contribution is 0.864. The third-order valence-corrected chi connectivity index (χ3v) is 7.81. The number of pyridine rings is 1. The van der Waals surface area contributed by atoms with Crippen LogP contribution >= 0.6 is 11.3 Å². The van der Waals surface area contributed by atoms with Gasteiger partial charge in [-0.1, -0.05) is 105 Å². The van der Waals surface area contributed by atoms with Gasteiger partial charge in [0, 0.05) is 31.9 Å². The Morgan fingerprint density at radius 2 is 1.29 bits per heavy atom. The summed E-state index contributed by atoms with van der Waals surface area (Å²) < 4.78 is 2.63. The number of benzene rings is 4. The van der Waals surface area contributed by atoms with E-state index in [0.717, 1.165) is 5.69 Å². The summed E-state index contributed by atoms with van der Waals surface area (Å²) in [4.78, 5) is 4.80. The van der Waals surface area contributed by atoms with Crippen molar-refractivity contribution in [2.45, 2.75) is 19.8 Å². The van der Waals surface area contributed by atoms with Crippen molar-refractivity contribution in [1.82, 2.24) is 4.98 Å². The minimum absolute atomic E-state index is 0.466. The Labute approximate surface area is 204 Å². The number of aromatic nitrogens is 1. The molecule has 0 aliphatic carbocycles. The van der Waals surface area contributed by atoms with E-state index in [1.807, 2.05) is 17.5 Å². The zero-order valence-corrected chi connectivity index (χ0v) is 20.1. The summed E-state index contributed by atoms with van der Waals surface area (Å²) in [6, 6.07) is 37.1. The fraction of sp³-hybridized carbons (Fsp3) is 0.0938. The molecule has 164 valence electrons. The van der Waals surface area contributed by atoms with Crippen LogP contribution in [0.25, 0.3) is 53.7 Å². The average molecular weight is 456 g/mol. The van der Waals surface area contributed by atoms with E-state index in [1.165, 1.54) is 53.6 Å². The van der Waals surface area contributed by atoms with Crippen molar-refractivity contribution in [1.29, 1.82) is 0 Å². The molecule has 0 amide bonds. The summed E-state index contributed by atoms with van der Waals surface area (Å²) in [5, 5.41) is 2.63. The van der Waals surface area contributed by atoms with Crippen LogP contribution in [0.4, 0.5) is 0 Å². The number of thiophene rings is 1. The molecule has 34 heavy (non-hydrogen) atoms. The van der Waals surface area contributed by atoms with E-state index in [9.17, 15) is 0 Å². The predicted octanol–water partition coefficient (Wildman–Crippen LogP) is 9.57. The molecule has 0 atom stereocenters. The van der Waals surface area contributed by atoms with E-state index >= 15 is 0 Å². The van der Waals surface area contributed by atoms with Crippen LogP contribution in [0, 0.1) is 0 Å². The first kappa shape index (κ1) is 20.8. The highest BCUT2D eigenvalue weighted by atomic mass is 32.1. The van der Waals surface area contributed by atoms with E-state index in [2.05, 4.69) is 117 Å². The number of rotatable bonds is 4. The lowest BCUT2D eigenvalue weighted by Gasteiger charge is -2.11. The third kappa shape index (κ3) is 3.52. The standard InChI is InChI=1S/C32H25NS/c1-21(2)24-18-19-33-29(20-24)27-17-16-25(22-10-5-3-6-11-22)30-28-15-9-14-26(31(28)34-32(27)30)23-12-7-4-8-13-23/h3-21H,1-2H3. The third-order valence-electron chi connectivity index (χ3n) is 6.54. The SMILES string of the molecule is CC(C)c1ccnc(-c2ccc(-c3ccccc3)c3c2sc2c(-c4ccccc4)cccc23)c1. The Bertz CT molecular complexity index is 1610. The zero-order chi connectivity index (χ0) is 23.1. The maximum atomic E-state index is 4.80. The maximum Gasteiger partial charge on any atom is 0.0719 e. The monoisotopic (exact) mass is 455 g/mol. The largest absolute Gasteiger partial charge is 0.256 e. The first-order valence-corrected chi connectivity index (χ1v) is 12.6. The normalized spacial score (nSPS) is 11.5. The van der Waals surface area contributed by atoms with Gasteiger partial charge in [-0.2, -0.15) is 0 Å². The summed E-state index contributed by atoms with van der Waals surface area (Å²) in [5.41, 5.74) is 8.62. The maximum absolute atomic E-state index is 4.80. The lowest BCUT2D eigenvalue weighted by atomic mass is 9.94. The fourth-order valence-corrected chi connectivity index (χ4v) is 6.14. The molecule has 2 heterocycles. The summed E-state index contributed by atoms with van der Waals surface area (Å²) in [6.45, 7) is 4.47. The van der Waals surface area contributed by atoms with Crippen LogP contribution < -0.4 is 0 Å². The molecule has 0 aliphatic rings. The van der Waals surface area contributed by atoms with Crippen molar-refractivity contribution >= 4 is 31.5 Å². The van der Waals surface area contributed by atoms with Crippen LogP contribution in [0.3, 0.4) is 0 Å². The summed E-state index contributed by atoms with van der Waals surface area (Å²) in [6.07, 6.45) is 1.95. The van der Waals surface area contributed by atoms with Crippen molar-refractivity contribution < 1.29 is 0 Å². The van der Waals surface area contributed by atoms with Gasteiger partial charge >= 0.3 is 0 Å². The van der Waals surface area contributed by atoms with E-state index in [1.54, 1.807) is 0 Å². The fourth-order valence-electron chi connectivity index (χ4n) is 4.76. The van der Waals surface area contributed by atoms with Gasteiger partial charge in [0.15, 0.2) is 0 Å². The van der Waals surface area contributed by atoms with Gasteiger partial charge in [0.05, 0.1) is 5.69 Å². The molecular weight excluding hydrogens is 430 g/mol. The Morgan fingerprint density at radius 3 is 2.00 bits per heavy atom. The molecule has 0 spiro atoms. The van der Waals surface area contributed by atoms with E-state index in [0.29, 0.717) is 5.92 Å². The number of hydrogen-bond donors (Lipinski definition) is 0. The lowest BCUT2D eigenvalue weighted by Crippen LogP contribution is -1.91. The van der Waals surface area contributed by atoms with Crippen molar-refractivity contribution in [3.8, 4) is 33.5 Å². The molecular formula is C32H25NS. The first-order chi connectivity index (χ1) is 16.7. The highest BCUT2D eigenvalue weighted by Gasteiger charge is 2.18. The predicted molar refractivity (Wildman–Crippen MR) is 148 cm³/mol. The molecule has 4 aromatic carbocycles. The average Bonchev–Trinajstić information content (AvgIpc) is 3.29. The smallest absolute Gasteiger partial charge is 0.0719 e. The van der Waals surface area contributed by atoms with Gasteiger partial charge in [0.1, 0.15) is 0 Å². The molecule has 6 aromatic rings. The van der Waals surface area contributed by atoms with Crippen LogP contribution in [0.5, 0.6) is 0 Å². The molecule has 2 aromatic heterocycles. The van der Waals surface area contributed by atoms with Gasteiger partial charge < -0.3 is 0 Å². The molecule has 0 bridgehead atoms. The van der Waals surface area contributed by atoms with E-state index in [-0.39, 0.29) is 0 Å². The Morgan fingerprint density at radius 1 is 0.618 bits per heavy atom. The molecule has 1 nitrogen and oxygen atoms in total. The summed E-state index contributed by atoms with van der Waals surface area (Å²) >= 11 is 1.89. The molecule has 0 saturated heterocycles. The summed E-state index contributed by atoms with van der Waals surface area (Å²) in [7, 11) is 0. The van der Waals surface area contributed by atoms with Crippen LogP contribution in [0.2, 0.25) is 0 Å². The van der Waals surface area contributed by atoms with Gasteiger partial charge in [0.25, 0.3) is 0 Å². The van der Waals surface area contributed by atoms with Crippen molar-refractivity contribution in [2.75, 3.05) is 0 Å². The van der Waals surface area contributed by atoms with Crippen LogP contribution in [-0.4, -0.2) is 4.98 Å². The second kappa shape index (κ2) is 8.55. The molecule has 0 saturated carbocycles. The van der Waals surface area contributed by atoms with Crippen LogP contribution in [0.15, 0.2) is 109 Å². The second-order valence-corrected chi connectivity index (χ2v) is 10.0. The van der Waals surface area contributed by atoms with Gasteiger partial charge in [-0.15, -0.1) is 11.3 Å². The van der Waals surface area contributed by atoms with E-state index < -0.39 is 0 Å². The Hall–Kier alpha value is -3.75. The van der Waals surface area contributed by atoms with Crippen molar-refractivity contribution in [3.63, 3.8) is 0 Å². The highest BCUT2D eigenvalue weighted by Crippen LogP contribution is 2.47. The number of nitrogens with zero attached hydrogens (tertiary/aromatic N) is 1. The van der Waals surface area contributed by atoms with Crippen LogP contribution in [0.1, 0.15) is 25.3 Å². The Balaban J connectivity index is 1.71.